The first-order chi connectivity index (χ1) is 16.5. The van der Waals surface area contributed by atoms with Crippen LogP contribution in [0.3, 0.4) is 0 Å². The van der Waals surface area contributed by atoms with E-state index in [4.69, 9.17) is 16.3 Å². The summed E-state index contributed by atoms with van der Waals surface area (Å²) in [7, 11) is 1.66. The first kappa shape index (κ1) is 24.9. The van der Waals surface area contributed by atoms with Crippen molar-refractivity contribution in [3.8, 4) is 5.75 Å². The number of aryl methyl sites for hydroxylation is 1. The summed E-state index contributed by atoms with van der Waals surface area (Å²) in [6, 6.07) is 13.0. The molecule has 4 nitrogen and oxygen atoms in total. The molecule has 1 N–H and O–H groups in total. The predicted molar refractivity (Wildman–Crippen MR) is 136 cm³/mol. The van der Waals surface area contributed by atoms with Crippen LogP contribution >= 0.6 is 11.6 Å². The minimum Gasteiger partial charge on any atom is -0.497 e. The van der Waals surface area contributed by atoms with Gasteiger partial charge in [-0.2, -0.15) is 0 Å². The molecule has 1 aromatic heterocycles. The first-order valence-electron chi connectivity index (χ1n) is 12.2. The third-order valence-corrected chi connectivity index (χ3v) is 7.85. The highest BCUT2D eigenvalue weighted by molar-refractivity contribution is 6.32. The molecule has 0 amide bonds. The molecule has 2 heterocycles. The predicted octanol–water partition coefficient (Wildman–Crippen LogP) is 6.58. The Morgan fingerprint density at radius 2 is 2.00 bits per heavy atom. The average Bonchev–Trinajstić information content (AvgIpc) is 2.86. The quantitative estimate of drug-likeness (QED) is 0.372. The fraction of sp³-hybridized carbons (Fsp3) is 0.464. The van der Waals surface area contributed by atoms with Crippen molar-refractivity contribution in [2.24, 2.45) is 5.41 Å². The van der Waals surface area contributed by atoms with Crippen molar-refractivity contribution in [1.29, 1.82) is 0 Å². The third kappa shape index (κ3) is 5.37. The highest BCUT2D eigenvalue weighted by atomic mass is 35.5. The number of piperidine rings is 1. The van der Waals surface area contributed by atoms with Gasteiger partial charge in [0.15, 0.2) is 0 Å². The fourth-order valence-corrected chi connectivity index (χ4v) is 5.68. The number of aromatic nitrogens is 1. The molecule has 1 fully saturated rings. The summed E-state index contributed by atoms with van der Waals surface area (Å²) >= 11 is 6.54. The van der Waals surface area contributed by atoms with E-state index in [1.54, 1.807) is 25.4 Å². The molecule has 4 rings (SSSR count). The van der Waals surface area contributed by atoms with Crippen molar-refractivity contribution < 1.29 is 14.2 Å². The van der Waals surface area contributed by atoms with Gasteiger partial charge in [-0.25, -0.2) is 4.39 Å². The normalized spacial score (nSPS) is 17.1. The average molecular weight is 485 g/mol. The van der Waals surface area contributed by atoms with Crippen LogP contribution in [-0.4, -0.2) is 41.8 Å². The molecule has 34 heavy (non-hydrogen) atoms. The van der Waals surface area contributed by atoms with E-state index in [1.807, 2.05) is 24.3 Å². The van der Waals surface area contributed by atoms with Gasteiger partial charge in [0.2, 0.25) is 0 Å². The lowest BCUT2D eigenvalue weighted by molar-refractivity contribution is 0.0187. The van der Waals surface area contributed by atoms with E-state index in [1.165, 1.54) is 6.07 Å². The van der Waals surface area contributed by atoms with Crippen molar-refractivity contribution in [2.45, 2.75) is 51.5 Å². The topological polar surface area (TPSA) is 45.6 Å². The number of nitrogens with zero attached hydrogens (tertiary/aromatic N) is 2. The maximum atomic E-state index is 13.8. The summed E-state index contributed by atoms with van der Waals surface area (Å²) in [5, 5.41) is 12.1. The Kier molecular flexibility index (Phi) is 8.07. The van der Waals surface area contributed by atoms with Gasteiger partial charge in [-0.15, -0.1) is 0 Å². The van der Waals surface area contributed by atoms with Gasteiger partial charge in [0.05, 0.1) is 17.6 Å². The largest absolute Gasteiger partial charge is 0.497 e. The Hall–Kier alpha value is -2.21. The zero-order chi connectivity index (χ0) is 24.1. The van der Waals surface area contributed by atoms with Crippen molar-refractivity contribution in [1.82, 2.24) is 9.88 Å². The first-order valence-corrected chi connectivity index (χ1v) is 12.6. The molecule has 1 saturated heterocycles. The highest BCUT2D eigenvalue weighted by Gasteiger charge is 2.35. The number of aliphatic hydroxyl groups is 1. The van der Waals surface area contributed by atoms with Gasteiger partial charge in [0, 0.05) is 24.2 Å². The molecule has 182 valence electrons. The van der Waals surface area contributed by atoms with Crippen molar-refractivity contribution in [3.63, 3.8) is 0 Å². The molecule has 1 aliphatic heterocycles. The highest BCUT2D eigenvalue weighted by Crippen LogP contribution is 2.40. The molecular weight excluding hydrogens is 451 g/mol. The molecule has 2 aromatic carbocycles. The Morgan fingerprint density at radius 3 is 2.68 bits per heavy atom. The summed E-state index contributed by atoms with van der Waals surface area (Å²) in [6.45, 7) is 4.16. The third-order valence-electron chi connectivity index (χ3n) is 7.52. The minimum atomic E-state index is -0.183. The molecule has 0 saturated carbocycles. The van der Waals surface area contributed by atoms with E-state index in [0.29, 0.717) is 5.02 Å². The van der Waals surface area contributed by atoms with E-state index in [-0.39, 0.29) is 23.9 Å². The summed E-state index contributed by atoms with van der Waals surface area (Å²) in [4.78, 5) is 6.90. The number of benzene rings is 2. The smallest absolute Gasteiger partial charge is 0.123 e. The number of aliphatic hydroxyl groups excluding tert-OH is 1. The molecule has 1 unspecified atom stereocenters. The lowest BCUT2D eigenvalue weighted by atomic mass is 9.74. The fourth-order valence-electron chi connectivity index (χ4n) is 5.44. The number of pyridine rings is 1. The van der Waals surface area contributed by atoms with E-state index in [2.05, 4.69) is 16.8 Å². The number of rotatable bonds is 9. The van der Waals surface area contributed by atoms with Gasteiger partial charge >= 0.3 is 0 Å². The molecule has 1 aliphatic rings. The van der Waals surface area contributed by atoms with Crippen LogP contribution < -0.4 is 4.74 Å². The monoisotopic (exact) mass is 484 g/mol. The van der Waals surface area contributed by atoms with Crippen LogP contribution in [0, 0.1) is 11.2 Å². The standard InChI is InChI=1S/C28H34ClFN2O2/c1-3-27(20-6-4-7-21(30)16-20)32-14-12-28(19-33,13-15-32)11-5-8-23-24-17-22(34-2)9-10-26(24)31-18-25(23)29/h4,6-7,9-10,16-18,27,33H,3,5,8,11-15,19H2,1-2H3. The van der Waals surface area contributed by atoms with Gasteiger partial charge in [0.25, 0.3) is 0 Å². The zero-order valence-electron chi connectivity index (χ0n) is 20.1. The summed E-state index contributed by atoms with van der Waals surface area (Å²) in [6.07, 6.45) is 7.26. The van der Waals surface area contributed by atoms with E-state index in [0.717, 1.165) is 79.4 Å². The lowest BCUT2D eigenvalue weighted by Gasteiger charge is -2.44. The van der Waals surface area contributed by atoms with Crippen LogP contribution in [0.25, 0.3) is 10.9 Å². The number of hydrogen-bond donors (Lipinski definition) is 1. The maximum Gasteiger partial charge on any atom is 0.123 e. The van der Waals surface area contributed by atoms with Crippen LogP contribution in [0.1, 0.15) is 56.2 Å². The van der Waals surface area contributed by atoms with Gasteiger partial charge in [0.1, 0.15) is 11.6 Å². The van der Waals surface area contributed by atoms with Gasteiger partial charge in [-0.1, -0.05) is 30.7 Å². The second-order valence-corrected chi connectivity index (χ2v) is 9.90. The molecule has 0 spiro atoms. The maximum absolute atomic E-state index is 13.8. The molecule has 6 heteroatoms. The summed E-state index contributed by atoms with van der Waals surface area (Å²) < 4.78 is 19.2. The van der Waals surface area contributed by atoms with Crippen LogP contribution in [0.5, 0.6) is 5.75 Å². The molecule has 0 radical (unpaired) electrons. The number of fused-ring (bicyclic) bond motifs is 1. The van der Waals surface area contributed by atoms with Crippen molar-refractivity contribution >= 4 is 22.5 Å². The van der Waals surface area contributed by atoms with E-state index < -0.39 is 0 Å². The number of methoxy groups -OCH3 is 1. The van der Waals surface area contributed by atoms with E-state index in [9.17, 15) is 9.50 Å². The molecule has 1 atom stereocenters. The number of ether oxygens (including phenoxy) is 1. The minimum absolute atomic E-state index is 0.0796. The second kappa shape index (κ2) is 11.0. The number of halogens is 2. The van der Waals surface area contributed by atoms with Gasteiger partial charge in [-0.3, -0.25) is 9.88 Å². The van der Waals surface area contributed by atoms with Crippen LogP contribution in [0.2, 0.25) is 5.02 Å². The van der Waals surface area contributed by atoms with Crippen LogP contribution in [-0.2, 0) is 6.42 Å². The molecular formula is C28H34ClFN2O2. The van der Waals surface area contributed by atoms with Gasteiger partial charge in [-0.05, 0) is 98.5 Å². The Labute approximate surface area is 206 Å². The van der Waals surface area contributed by atoms with Crippen molar-refractivity contribution in [3.05, 3.63) is 70.6 Å². The Morgan fingerprint density at radius 1 is 1.21 bits per heavy atom. The number of hydrogen-bond acceptors (Lipinski definition) is 4. The summed E-state index contributed by atoms with van der Waals surface area (Å²) in [5.74, 6) is 0.610. The van der Waals surface area contributed by atoms with Crippen LogP contribution in [0.4, 0.5) is 4.39 Å². The van der Waals surface area contributed by atoms with E-state index >= 15 is 0 Å². The molecule has 3 aromatic rings. The van der Waals surface area contributed by atoms with Gasteiger partial charge < -0.3 is 9.84 Å². The van der Waals surface area contributed by atoms with Crippen LogP contribution in [0.15, 0.2) is 48.7 Å². The summed E-state index contributed by atoms with van der Waals surface area (Å²) in [5.41, 5.74) is 2.96. The second-order valence-electron chi connectivity index (χ2n) is 9.49. The Bertz CT molecular complexity index is 1110. The molecule has 0 bridgehead atoms. The lowest BCUT2D eigenvalue weighted by Crippen LogP contribution is -2.43. The Balaban J connectivity index is 1.41. The van der Waals surface area contributed by atoms with Crippen molar-refractivity contribution in [2.75, 3.05) is 26.8 Å². The number of likely N-dealkylation sites (tertiary alicyclic amines) is 1. The molecule has 0 aliphatic carbocycles. The SMILES string of the molecule is CCC(c1cccc(F)c1)N1CCC(CO)(CCCc2c(Cl)cnc3ccc(OC)cc23)CC1. The zero-order valence-corrected chi connectivity index (χ0v) is 20.8.